The Bertz CT molecular complexity index is 465. The largest absolute Gasteiger partial charge is 0.380 e. The van der Waals surface area contributed by atoms with Crippen LogP contribution in [-0.2, 0) is 4.74 Å². The summed E-state index contributed by atoms with van der Waals surface area (Å²) in [6.07, 6.45) is 5.87. The molecule has 0 atom stereocenters. The van der Waals surface area contributed by atoms with E-state index in [4.69, 9.17) is 4.74 Å². The first kappa shape index (κ1) is 20.9. The lowest BCUT2D eigenvalue weighted by Gasteiger charge is -2.36. The highest BCUT2D eigenvalue weighted by Crippen LogP contribution is 2.09. The van der Waals surface area contributed by atoms with Gasteiger partial charge in [0, 0.05) is 58.8 Å². The molecule has 0 bridgehead atoms. The second-order valence-electron chi connectivity index (χ2n) is 5.46. The summed E-state index contributed by atoms with van der Waals surface area (Å²) in [5.74, 6) is 1.75. The van der Waals surface area contributed by atoms with Crippen LogP contribution < -0.4 is 10.2 Å². The van der Waals surface area contributed by atoms with Crippen molar-refractivity contribution in [3.05, 3.63) is 18.5 Å². The Morgan fingerprint density at radius 3 is 2.54 bits per heavy atom. The summed E-state index contributed by atoms with van der Waals surface area (Å²) in [6.45, 7) is 8.14. The predicted molar refractivity (Wildman–Crippen MR) is 108 cm³/mol. The summed E-state index contributed by atoms with van der Waals surface area (Å²) < 4.78 is 5.57. The van der Waals surface area contributed by atoms with Gasteiger partial charge in [0.15, 0.2) is 5.96 Å². The first-order valence-electron chi connectivity index (χ1n) is 8.40. The minimum atomic E-state index is 0. The lowest BCUT2D eigenvalue weighted by molar-refractivity contribution is 0.135. The SMILES string of the molecule is CCCCOCCNC(=NC)N1CCN(c2ncccn2)CC1.I. The van der Waals surface area contributed by atoms with Gasteiger partial charge in [0.1, 0.15) is 0 Å². The molecule has 24 heavy (non-hydrogen) atoms. The Labute approximate surface area is 161 Å². The number of hydrogen-bond acceptors (Lipinski definition) is 5. The van der Waals surface area contributed by atoms with Gasteiger partial charge in [-0.3, -0.25) is 4.99 Å². The van der Waals surface area contributed by atoms with Crippen LogP contribution in [0.1, 0.15) is 19.8 Å². The molecule has 8 heteroatoms. The molecule has 1 N–H and O–H groups in total. The number of anilines is 1. The number of unbranched alkanes of at least 4 members (excludes halogenated alkanes) is 1. The molecule has 2 heterocycles. The predicted octanol–water partition coefficient (Wildman–Crippen LogP) is 1.61. The summed E-state index contributed by atoms with van der Waals surface area (Å²) in [6, 6.07) is 1.84. The molecule has 0 amide bonds. The lowest BCUT2D eigenvalue weighted by atomic mass is 10.3. The fraction of sp³-hybridized carbons (Fsp3) is 0.688. The minimum absolute atomic E-state index is 0. The first-order chi connectivity index (χ1) is 11.3. The molecule has 1 fully saturated rings. The van der Waals surface area contributed by atoms with Crippen molar-refractivity contribution in [1.82, 2.24) is 20.2 Å². The standard InChI is InChI=1S/C16H28N6O.HI/c1-3-4-13-23-14-8-20-15(17-2)21-9-11-22(12-10-21)16-18-6-5-7-19-16;/h5-7H,3-4,8-14H2,1-2H3,(H,17,20);1H. The van der Waals surface area contributed by atoms with Gasteiger partial charge >= 0.3 is 0 Å². The molecule has 1 saturated heterocycles. The third-order valence-electron chi connectivity index (χ3n) is 3.80. The second-order valence-corrected chi connectivity index (χ2v) is 5.46. The molecule has 0 unspecified atom stereocenters. The highest BCUT2D eigenvalue weighted by Gasteiger charge is 2.20. The van der Waals surface area contributed by atoms with Crippen LogP contribution in [0.5, 0.6) is 0 Å². The number of aliphatic imine (C=N–C) groups is 1. The number of hydrogen-bond donors (Lipinski definition) is 1. The van der Waals surface area contributed by atoms with E-state index in [1.165, 1.54) is 6.42 Å². The third kappa shape index (κ3) is 6.76. The average Bonchev–Trinajstić information content (AvgIpc) is 2.62. The Morgan fingerprint density at radius 2 is 1.92 bits per heavy atom. The summed E-state index contributed by atoms with van der Waals surface area (Å²) in [5.41, 5.74) is 0. The maximum Gasteiger partial charge on any atom is 0.225 e. The van der Waals surface area contributed by atoms with Crippen molar-refractivity contribution in [3.63, 3.8) is 0 Å². The van der Waals surface area contributed by atoms with Crippen LogP contribution in [-0.4, -0.2) is 73.8 Å². The smallest absolute Gasteiger partial charge is 0.225 e. The first-order valence-corrected chi connectivity index (χ1v) is 8.40. The Balaban J connectivity index is 0.00000288. The van der Waals surface area contributed by atoms with Gasteiger partial charge in [-0.15, -0.1) is 24.0 Å². The summed E-state index contributed by atoms with van der Waals surface area (Å²) >= 11 is 0. The Morgan fingerprint density at radius 1 is 1.21 bits per heavy atom. The number of piperazine rings is 1. The van der Waals surface area contributed by atoms with E-state index in [2.05, 4.69) is 37.0 Å². The molecule has 0 saturated carbocycles. The van der Waals surface area contributed by atoms with Crippen molar-refractivity contribution in [2.75, 3.05) is 57.9 Å². The topological polar surface area (TPSA) is 65.9 Å². The summed E-state index contributed by atoms with van der Waals surface area (Å²) in [7, 11) is 1.83. The molecule has 0 radical (unpaired) electrons. The molecule has 0 aromatic carbocycles. The molecular weight excluding hydrogens is 419 g/mol. The molecule has 1 aliphatic heterocycles. The van der Waals surface area contributed by atoms with E-state index in [1.807, 2.05) is 13.1 Å². The number of halogens is 1. The molecule has 1 aliphatic rings. The molecule has 136 valence electrons. The zero-order valence-corrected chi connectivity index (χ0v) is 17.0. The normalized spacial score (nSPS) is 15.2. The maximum atomic E-state index is 5.57. The van der Waals surface area contributed by atoms with Crippen molar-refractivity contribution in [2.45, 2.75) is 19.8 Å². The van der Waals surface area contributed by atoms with Crippen molar-refractivity contribution < 1.29 is 4.74 Å². The fourth-order valence-electron chi connectivity index (χ4n) is 2.49. The Kier molecular flexibility index (Phi) is 10.6. The highest BCUT2D eigenvalue weighted by molar-refractivity contribution is 14.0. The zero-order chi connectivity index (χ0) is 16.3. The molecular formula is C16H29IN6O. The number of ether oxygens (including phenoxy) is 1. The van der Waals surface area contributed by atoms with E-state index in [0.717, 1.165) is 64.3 Å². The number of aromatic nitrogens is 2. The van der Waals surface area contributed by atoms with Gasteiger partial charge in [0.2, 0.25) is 5.95 Å². The molecule has 1 aromatic heterocycles. The van der Waals surface area contributed by atoms with Crippen LogP contribution in [0, 0.1) is 0 Å². The molecule has 0 aliphatic carbocycles. The van der Waals surface area contributed by atoms with Crippen LogP contribution in [0.2, 0.25) is 0 Å². The minimum Gasteiger partial charge on any atom is -0.380 e. The van der Waals surface area contributed by atoms with Gasteiger partial charge in [-0.2, -0.15) is 0 Å². The van der Waals surface area contributed by atoms with Crippen LogP contribution in [0.25, 0.3) is 0 Å². The van der Waals surface area contributed by atoms with Crippen molar-refractivity contribution in [3.8, 4) is 0 Å². The number of rotatable bonds is 7. The highest BCUT2D eigenvalue weighted by atomic mass is 127. The molecule has 2 rings (SSSR count). The monoisotopic (exact) mass is 448 g/mol. The average molecular weight is 448 g/mol. The zero-order valence-electron chi connectivity index (χ0n) is 14.6. The van der Waals surface area contributed by atoms with E-state index in [9.17, 15) is 0 Å². The van der Waals surface area contributed by atoms with Crippen LogP contribution in [0.3, 0.4) is 0 Å². The van der Waals surface area contributed by atoms with Gasteiger partial charge in [-0.1, -0.05) is 13.3 Å². The van der Waals surface area contributed by atoms with Crippen LogP contribution in [0.15, 0.2) is 23.5 Å². The molecule has 0 spiro atoms. The van der Waals surface area contributed by atoms with Gasteiger partial charge in [0.05, 0.1) is 6.61 Å². The van der Waals surface area contributed by atoms with E-state index in [-0.39, 0.29) is 24.0 Å². The quantitative estimate of drug-likeness (QED) is 0.296. The number of guanidine groups is 1. The van der Waals surface area contributed by atoms with Gasteiger partial charge < -0.3 is 19.9 Å². The van der Waals surface area contributed by atoms with Crippen molar-refractivity contribution in [1.29, 1.82) is 0 Å². The van der Waals surface area contributed by atoms with Gasteiger partial charge in [0.25, 0.3) is 0 Å². The van der Waals surface area contributed by atoms with Crippen LogP contribution in [0.4, 0.5) is 5.95 Å². The van der Waals surface area contributed by atoms with E-state index >= 15 is 0 Å². The third-order valence-corrected chi connectivity index (χ3v) is 3.80. The van der Waals surface area contributed by atoms with E-state index < -0.39 is 0 Å². The summed E-state index contributed by atoms with van der Waals surface area (Å²) in [5, 5.41) is 3.37. The van der Waals surface area contributed by atoms with E-state index in [0.29, 0.717) is 0 Å². The van der Waals surface area contributed by atoms with Gasteiger partial charge in [-0.25, -0.2) is 9.97 Å². The van der Waals surface area contributed by atoms with Crippen molar-refractivity contribution >= 4 is 35.9 Å². The molecule has 7 nitrogen and oxygen atoms in total. The Hall–Kier alpha value is -1.16. The number of nitrogens with zero attached hydrogens (tertiary/aromatic N) is 5. The lowest BCUT2D eigenvalue weighted by Crippen LogP contribution is -2.53. The maximum absolute atomic E-state index is 5.57. The number of nitrogens with one attached hydrogen (secondary N) is 1. The fourth-order valence-corrected chi connectivity index (χ4v) is 2.49. The van der Waals surface area contributed by atoms with Crippen molar-refractivity contribution in [2.24, 2.45) is 4.99 Å². The van der Waals surface area contributed by atoms with E-state index in [1.54, 1.807) is 12.4 Å². The summed E-state index contributed by atoms with van der Waals surface area (Å²) in [4.78, 5) is 17.5. The second kappa shape index (κ2) is 12.2. The molecule has 1 aromatic rings. The van der Waals surface area contributed by atoms with Gasteiger partial charge in [-0.05, 0) is 12.5 Å². The van der Waals surface area contributed by atoms with Crippen LogP contribution >= 0.6 is 24.0 Å².